The van der Waals surface area contributed by atoms with Crippen molar-refractivity contribution in [2.45, 2.75) is 12.8 Å². The third-order valence-corrected chi connectivity index (χ3v) is 5.33. The summed E-state index contributed by atoms with van der Waals surface area (Å²) in [6.07, 6.45) is 1.93. The highest BCUT2D eigenvalue weighted by Crippen LogP contribution is 2.30. The van der Waals surface area contributed by atoms with Crippen molar-refractivity contribution in [1.82, 2.24) is 4.90 Å². The van der Waals surface area contributed by atoms with Crippen molar-refractivity contribution in [3.63, 3.8) is 0 Å². The van der Waals surface area contributed by atoms with Crippen LogP contribution in [0.1, 0.15) is 12.8 Å². The first kappa shape index (κ1) is 19.1. The normalized spacial score (nSPS) is 16.3. The Morgan fingerprint density at radius 2 is 1.59 bits per heavy atom. The van der Waals surface area contributed by atoms with E-state index in [9.17, 15) is 9.59 Å². The Labute approximate surface area is 170 Å². The summed E-state index contributed by atoms with van der Waals surface area (Å²) in [6, 6.07) is 15.1. The van der Waals surface area contributed by atoms with E-state index in [1.165, 1.54) is 0 Å². The van der Waals surface area contributed by atoms with Crippen molar-refractivity contribution in [3.8, 4) is 5.75 Å². The molecule has 152 valence electrons. The van der Waals surface area contributed by atoms with E-state index in [1.807, 2.05) is 47.4 Å². The zero-order valence-electron chi connectivity index (χ0n) is 16.6. The van der Waals surface area contributed by atoms with E-state index in [1.54, 1.807) is 13.2 Å². The van der Waals surface area contributed by atoms with Gasteiger partial charge in [0.15, 0.2) is 0 Å². The Morgan fingerprint density at radius 1 is 0.931 bits per heavy atom. The summed E-state index contributed by atoms with van der Waals surface area (Å²) in [5.74, 6) is 1.04. The molecule has 2 fully saturated rings. The predicted molar refractivity (Wildman–Crippen MR) is 114 cm³/mol. The molecular weight excluding hydrogens is 368 g/mol. The number of amides is 3. The van der Waals surface area contributed by atoms with Gasteiger partial charge in [-0.05, 0) is 55.3 Å². The first-order valence-corrected chi connectivity index (χ1v) is 9.98. The van der Waals surface area contributed by atoms with Gasteiger partial charge in [0.2, 0.25) is 5.91 Å². The molecule has 0 aromatic heterocycles. The third kappa shape index (κ3) is 4.80. The lowest BCUT2D eigenvalue weighted by Gasteiger charge is -2.36. The quantitative estimate of drug-likeness (QED) is 0.815. The number of rotatable bonds is 5. The smallest absolute Gasteiger partial charge is 0.321 e. The van der Waals surface area contributed by atoms with Gasteiger partial charge in [-0.25, -0.2) is 4.79 Å². The standard InChI is InChI=1S/C22H26N4O3/c1-29-20-9-7-19(8-10-20)25-11-13-26(14-12-25)22(28)24-18-4-2-3-17(15-18)23-21(27)16-5-6-16/h2-4,7-10,15-16H,5-6,11-14H2,1H3,(H,23,27)(H,24,28). The van der Waals surface area contributed by atoms with Gasteiger partial charge in [0, 0.05) is 49.2 Å². The number of anilines is 3. The summed E-state index contributed by atoms with van der Waals surface area (Å²) in [6.45, 7) is 2.85. The minimum atomic E-state index is -0.120. The number of ether oxygens (including phenoxy) is 1. The van der Waals surface area contributed by atoms with Crippen LogP contribution in [0.5, 0.6) is 5.75 Å². The highest BCUT2D eigenvalue weighted by Gasteiger charge is 2.29. The van der Waals surface area contributed by atoms with Gasteiger partial charge in [0.1, 0.15) is 5.75 Å². The van der Waals surface area contributed by atoms with Crippen LogP contribution in [0.25, 0.3) is 0 Å². The van der Waals surface area contributed by atoms with Gasteiger partial charge in [0.25, 0.3) is 0 Å². The molecule has 7 heteroatoms. The van der Waals surface area contributed by atoms with Gasteiger partial charge < -0.3 is 25.2 Å². The Balaban J connectivity index is 1.29. The van der Waals surface area contributed by atoms with E-state index in [0.29, 0.717) is 24.5 Å². The molecule has 29 heavy (non-hydrogen) atoms. The van der Waals surface area contributed by atoms with Crippen LogP contribution in [0.4, 0.5) is 21.9 Å². The molecule has 1 heterocycles. The molecule has 1 saturated heterocycles. The van der Waals surface area contributed by atoms with Crippen LogP contribution in [-0.2, 0) is 4.79 Å². The maximum atomic E-state index is 12.6. The summed E-state index contributed by atoms with van der Waals surface area (Å²) < 4.78 is 5.20. The first-order valence-electron chi connectivity index (χ1n) is 9.98. The van der Waals surface area contributed by atoms with E-state index in [-0.39, 0.29) is 17.9 Å². The SMILES string of the molecule is COc1ccc(N2CCN(C(=O)Nc3cccc(NC(=O)C4CC4)c3)CC2)cc1. The second kappa shape index (κ2) is 8.43. The van der Waals surface area contributed by atoms with Crippen LogP contribution < -0.4 is 20.3 Å². The number of nitrogens with one attached hydrogen (secondary N) is 2. The molecule has 0 spiro atoms. The van der Waals surface area contributed by atoms with Gasteiger partial charge in [-0.1, -0.05) is 6.07 Å². The number of carbonyl (C=O) groups is 2. The Hall–Kier alpha value is -3.22. The van der Waals surface area contributed by atoms with E-state index in [2.05, 4.69) is 15.5 Å². The molecule has 2 aliphatic rings. The molecule has 3 amide bonds. The molecule has 2 aromatic rings. The number of hydrogen-bond donors (Lipinski definition) is 2. The van der Waals surface area contributed by atoms with Crippen molar-refractivity contribution < 1.29 is 14.3 Å². The lowest BCUT2D eigenvalue weighted by molar-refractivity contribution is -0.117. The van der Waals surface area contributed by atoms with Gasteiger partial charge in [-0.15, -0.1) is 0 Å². The maximum absolute atomic E-state index is 12.6. The fourth-order valence-corrected chi connectivity index (χ4v) is 3.43. The molecule has 0 radical (unpaired) electrons. The van der Waals surface area contributed by atoms with Crippen LogP contribution in [-0.4, -0.2) is 50.1 Å². The van der Waals surface area contributed by atoms with E-state index >= 15 is 0 Å². The molecule has 4 rings (SSSR count). The number of hydrogen-bond acceptors (Lipinski definition) is 4. The zero-order valence-corrected chi connectivity index (χ0v) is 16.6. The Bertz CT molecular complexity index is 872. The number of benzene rings is 2. The van der Waals surface area contributed by atoms with Crippen molar-refractivity contribution in [2.75, 3.05) is 48.8 Å². The summed E-state index contributed by atoms with van der Waals surface area (Å²) in [7, 11) is 1.66. The average Bonchev–Trinajstić information content (AvgIpc) is 3.60. The second-order valence-corrected chi connectivity index (χ2v) is 7.45. The van der Waals surface area contributed by atoms with Crippen LogP contribution in [0, 0.1) is 5.92 Å². The molecular formula is C22H26N4O3. The fraction of sp³-hybridized carbons (Fsp3) is 0.364. The van der Waals surface area contributed by atoms with E-state index in [4.69, 9.17) is 4.74 Å². The Kier molecular flexibility index (Phi) is 5.55. The van der Waals surface area contributed by atoms with Crippen LogP contribution in [0.2, 0.25) is 0 Å². The molecule has 0 bridgehead atoms. The van der Waals surface area contributed by atoms with E-state index < -0.39 is 0 Å². The van der Waals surface area contributed by atoms with Gasteiger partial charge >= 0.3 is 6.03 Å². The number of carbonyl (C=O) groups excluding carboxylic acids is 2. The molecule has 1 aliphatic heterocycles. The molecule has 2 aromatic carbocycles. The summed E-state index contributed by atoms with van der Waals surface area (Å²) in [5.41, 5.74) is 2.52. The monoisotopic (exact) mass is 394 g/mol. The van der Waals surface area contributed by atoms with Crippen molar-refractivity contribution in [3.05, 3.63) is 48.5 Å². The lowest BCUT2D eigenvalue weighted by Crippen LogP contribution is -2.50. The van der Waals surface area contributed by atoms with Crippen molar-refractivity contribution >= 4 is 29.0 Å². The molecule has 0 atom stereocenters. The minimum absolute atomic E-state index is 0.0585. The number of piperazine rings is 1. The zero-order chi connectivity index (χ0) is 20.2. The van der Waals surface area contributed by atoms with Crippen LogP contribution >= 0.6 is 0 Å². The van der Waals surface area contributed by atoms with Crippen molar-refractivity contribution in [1.29, 1.82) is 0 Å². The molecule has 1 saturated carbocycles. The first-order chi connectivity index (χ1) is 14.1. The largest absolute Gasteiger partial charge is 0.497 e. The van der Waals surface area contributed by atoms with Gasteiger partial charge in [0.05, 0.1) is 7.11 Å². The van der Waals surface area contributed by atoms with E-state index in [0.717, 1.165) is 37.4 Å². The summed E-state index contributed by atoms with van der Waals surface area (Å²) in [4.78, 5) is 28.6. The van der Waals surface area contributed by atoms with Crippen molar-refractivity contribution in [2.24, 2.45) is 5.92 Å². The minimum Gasteiger partial charge on any atom is -0.497 e. The molecule has 1 aliphatic carbocycles. The molecule has 2 N–H and O–H groups in total. The summed E-state index contributed by atoms with van der Waals surface area (Å²) in [5, 5.41) is 5.85. The highest BCUT2D eigenvalue weighted by atomic mass is 16.5. The molecule has 7 nitrogen and oxygen atoms in total. The topological polar surface area (TPSA) is 73.9 Å². The van der Waals surface area contributed by atoms with Crippen LogP contribution in [0.15, 0.2) is 48.5 Å². The predicted octanol–water partition coefficient (Wildman–Crippen LogP) is 3.40. The second-order valence-electron chi connectivity index (χ2n) is 7.45. The third-order valence-electron chi connectivity index (χ3n) is 5.33. The average molecular weight is 394 g/mol. The maximum Gasteiger partial charge on any atom is 0.321 e. The summed E-state index contributed by atoms with van der Waals surface area (Å²) >= 11 is 0. The lowest BCUT2D eigenvalue weighted by atomic mass is 10.2. The number of nitrogens with zero attached hydrogens (tertiary/aromatic N) is 2. The van der Waals surface area contributed by atoms with Crippen LogP contribution in [0.3, 0.4) is 0 Å². The number of urea groups is 1. The molecule has 0 unspecified atom stereocenters. The van der Waals surface area contributed by atoms with Gasteiger partial charge in [-0.2, -0.15) is 0 Å². The highest BCUT2D eigenvalue weighted by molar-refractivity contribution is 5.95. The van der Waals surface area contributed by atoms with Gasteiger partial charge in [-0.3, -0.25) is 4.79 Å². The Morgan fingerprint density at radius 3 is 2.21 bits per heavy atom. The number of methoxy groups -OCH3 is 1. The fourth-order valence-electron chi connectivity index (χ4n) is 3.43.